The smallest absolute Gasteiger partial charge is 0.310 e. The zero-order chi connectivity index (χ0) is 10.3. The Balaban J connectivity index is 4.23. The van der Waals surface area contributed by atoms with Crippen molar-refractivity contribution >= 4 is 13.3 Å². The molecule has 0 atom stereocenters. The Bertz CT molecular complexity index is 191. The molecule has 4 heteroatoms. The second-order valence-electron chi connectivity index (χ2n) is 3.08. The van der Waals surface area contributed by atoms with Crippen LogP contribution in [0, 0.1) is 0 Å². The van der Waals surface area contributed by atoms with Crippen LogP contribution in [0.15, 0.2) is 0 Å². The zero-order valence-electron chi connectivity index (χ0n) is 8.71. The van der Waals surface area contributed by atoms with Gasteiger partial charge in [-0.1, -0.05) is 20.8 Å². The van der Waals surface area contributed by atoms with E-state index in [-0.39, 0.29) is 5.97 Å². The van der Waals surface area contributed by atoms with Gasteiger partial charge in [0.1, 0.15) is 0 Å². The summed E-state index contributed by atoms with van der Waals surface area (Å²) >= 11 is 0. The first kappa shape index (κ1) is 12.7. The van der Waals surface area contributed by atoms with Gasteiger partial charge >= 0.3 is 5.97 Å². The summed E-state index contributed by atoms with van der Waals surface area (Å²) in [4.78, 5) is 11.0. The molecular formula is C9H19O3P. The van der Waals surface area contributed by atoms with Crippen molar-refractivity contribution in [3.05, 3.63) is 0 Å². The van der Waals surface area contributed by atoms with Crippen molar-refractivity contribution in [2.24, 2.45) is 0 Å². The molecule has 0 amide bonds. The Morgan fingerprint density at radius 3 is 1.92 bits per heavy atom. The zero-order valence-corrected chi connectivity index (χ0v) is 9.60. The van der Waals surface area contributed by atoms with Crippen LogP contribution in [0.25, 0.3) is 0 Å². The molecule has 0 saturated heterocycles. The third-order valence-electron chi connectivity index (χ3n) is 1.69. The largest absolute Gasteiger partial charge is 0.412 e. The Kier molecular flexibility index (Phi) is 6.06. The molecule has 0 unspecified atom stereocenters. The van der Waals surface area contributed by atoms with Gasteiger partial charge in [0.15, 0.2) is 0 Å². The summed E-state index contributed by atoms with van der Waals surface area (Å²) in [5, 5.41) is 0. The van der Waals surface area contributed by atoms with Crippen molar-refractivity contribution in [2.45, 2.75) is 40.0 Å². The van der Waals surface area contributed by atoms with Crippen LogP contribution in [0.2, 0.25) is 0 Å². The standard InChI is InChI=1S/C9H19O3P/c1-4-7-13(11,8-5-2)12-9(10)6-3/h4-8H2,1-3H3. The molecule has 0 radical (unpaired) electrons. The van der Waals surface area contributed by atoms with E-state index in [1.165, 1.54) is 0 Å². The van der Waals surface area contributed by atoms with Crippen LogP contribution in [0.5, 0.6) is 0 Å². The summed E-state index contributed by atoms with van der Waals surface area (Å²) in [5.41, 5.74) is 0. The third kappa shape index (κ3) is 5.09. The van der Waals surface area contributed by atoms with Gasteiger partial charge in [0, 0.05) is 18.7 Å². The van der Waals surface area contributed by atoms with Crippen molar-refractivity contribution in [1.29, 1.82) is 0 Å². The van der Waals surface area contributed by atoms with Crippen molar-refractivity contribution in [2.75, 3.05) is 12.3 Å². The monoisotopic (exact) mass is 206 g/mol. The number of hydrogen-bond acceptors (Lipinski definition) is 3. The summed E-state index contributed by atoms with van der Waals surface area (Å²) in [6, 6.07) is 0. The maximum absolute atomic E-state index is 11.9. The fourth-order valence-electron chi connectivity index (χ4n) is 1.13. The maximum atomic E-state index is 11.9. The molecule has 0 rings (SSSR count). The second-order valence-corrected chi connectivity index (χ2v) is 5.78. The van der Waals surface area contributed by atoms with Gasteiger partial charge in [0.25, 0.3) is 7.37 Å². The Morgan fingerprint density at radius 2 is 1.62 bits per heavy atom. The fraction of sp³-hybridized carbons (Fsp3) is 0.889. The van der Waals surface area contributed by atoms with E-state index in [1.54, 1.807) is 6.92 Å². The minimum atomic E-state index is -2.64. The normalized spacial score (nSPS) is 11.3. The number of hydrogen-bond donors (Lipinski definition) is 0. The molecule has 0 fully saturated rings. The lowest BCUT2D eigenvalue weighted by Gasteiger charge is -2.16. The first-order chi connectivity index (χ1) is 6.08. The van der Waals surface area contributed by atoms with Gasteiger partial charge in [-0.15, -0.1) is 0 Å². The minimum absolute atomic E-state index is 0.303. The summed E-state index contributed by atoms with van der Waals surface area (Å²) in [6.07, 6.45) is 2.94. The molecule has 0 spiro atoms. The van der Waals surface area contributed by atoms with Crippen LogP contribution < -0.4 is 0 Å². The predicted molar refractivity (Wildman–Crippen MR) is 54.3 cm³/mol. The van der Waals surface area contributed by atoms with E-state index >= 15 is 0 Å². The van der Waals surface area contributed by atoms with Crippen LogP contribution in [0.4, 0.5) is 0 Å². The van der Waals surface area contributed by atoms with Gasteiger partial charge in [0.2, 0.25) is 0 Å². The van der Waals surface area contributed by atoms with Gasteiger partial charge in [-0.2, -0.15) is 0 Å². The molecular weight excluding hydrogens is 187 g/mol. The SMILES string of the molecule is CCCP(=O)(CCC)OC(=O)CC. The molecule has 13 heavy (non-hydrogen) atoms. The average Bonchev–Trinajstić information content (AvgIpc) is 2.04. The predicted octanol–water partition coefficient (Wildman–Crippen LogP) is 3.04. The minimum Gasteiger partial charge on any atom is -0.412 e. The van der Waals surface area contributed by atoms with Crippen LogP contribution >= 0.6 is 7.37 Å². The molecule has 78 valence electrons. The van der Waals surface area contributed by atoms with E-state index in [4.69, 9.17) is 4.52 Å². The third-order valence-corrected chi connectivity index (χ3v) is 4.48. The molecule has 0 aromatic carbocycles. The first-order valence-corrected chi connectivity index (χ1v) is 6.88. The molecule has 0 aliphatic heterocycles. The van der Waals surface area contributed by atoms with Crippen LogP contribution in [0.1, 0.15) is 40.0 Å². The number of carbonyl (C=O) groups is 1. The van der Waals surface area contributed by atoms with Crippen molar-refractivity contribution in [3.8, 4) is 0 Å². The van der Waals surface area contributed by atoms with Gasteiger partial charge in [-0.3, -0.25) is 9.36 Å². The lowest BCUT2D eigenvalue weighted by Crippen LogP contribution is -2.05. The first-order valence-electron chi connectivity index (χ1n) is 4.88. The molecule has 0 aliphatic carbocycles. The molecule has 0 saturated carbocycles. The summed E-state index contributed by atoms with van der Waals surface area (Å²) in [6.45, 7) is 5.61. The van der Waals surface area contributed by atoms with E-state index in [1.807, 2.05) is 13.8 Å². The molecule has 3 nitrogen and oxygen atoms in total. The molecule has 0 aromatic rings. The van der Waals surface area contributed by atoms with Gasteiger partial charge in [-0.25, -0.2) is 0 Å². The number of rotatable bonds is 6. The van der Waals surface area contributed by atoms with Crippen molar-refractivity contribution in [3.63, 3.8) is 0 Å². The summed E-state index contributed by atoms with van der Waals surface area (Å²) < 4.78 is 16.9. The van der Waals surface area contributed by atoms with E-state index in [0.29, 0.717) is 18.7 Å². The highest BCUT2D eigenvalue weighted by Crippen LogP contribution is 2.48. The van der Waals surface area contributed by atoms with Crippen LogP contribution in [0.3, 0.4) is 0 Å². The summed E-state index contributed by atoms with van der Waals surface area (Å²) in [5.74, 6) is -0.342. The van der Waals surface area contributed by atoms with Crippen molar-refractivity contribution < 1.29 is 13.9 Å². The number of carbonyl (C=O) groups excluding carboxylic acids is 1. The Morgan fingerprint density at radius 1 is 1.15 bits per heavy atom. The van der Waals surface area contributed by atoms with E-state index in [9.17, 15) is 9.36 Å². The lowest BCUT2D eigenvalue weighted by atomic mass is 10.5. The molecule has 0 N–H and O–H groups in total. The molecule has 0 aliphatic rings. The topological polar surface area (TPSA) is 43.4 Å². The highest BCUT2D eigenvalue weighted by atomic mass is 31.2. The average molecular weight is 206 g/mol. The fourth-order valence-corrected chi connectivity index (χ4v) is 3.40. The Hall–Kier alpha value is -0.300. The molecule has 0 heterocycles. The lowest BCUT2D eigenvalue weighted by molar-refractivity contribution is -0.133. The molecule has 0 aromatic heterocycles. The van der Waals surface area contributed by atoms with E-state index < -0.39 is 7.37 Å². The summed E-state index contributed by atoms with van der Waals surface area (Å²) in [7, 11) is -2.64. The van der Waals surface area contributed by atoms with Gasteiger partial charge < -0.3 is 4.52 Å². The van der Waals surface area contributed by atoms with Gasteiger partial charge in [-0.05, 0) is 12.8 Å². The highest BCUT2D eigenvalue weighted by Gasteiger charge is 2.23. The van der Waals surface area contributed by atoms with E-state index in [0.717, 1.165) is 12.8 Å². The van der Waals surface area contributed by atoms with Crippen molar-refractivity contribution in [1.82, 2.24) is 0 Å². The van der Waals surface area contributed by atoms with Crippen LogP contribution in [-0.4, -0.2) is 18.3 Å². The second kappa shape index (κ2) is 6.20. The highest BCUT2D eigenvalue weighted by molar-refractivity contribution is 7.59. The van der Waals surface area contributed by atoms with E-state index in [2.05, 4.69) is 0 Å². The quantitative estimate of drug-likeness (QED) is 0.627. The van der Waals surface area contributed by atoms with Gasteiger partial charge in [0.05, 0.1) is 0 Å². The molecule has 0 bridgehead atoms. The van der Waals surface area contributed by atoms with Crippen LogP contribution in [-0.2, 0) is 13.9 Å². The Labute approximate surface area is 80.3 Å². The maximum Gasteiger partial charge on any atom is 0.310 e.